The lowest BCUT2D eigenvalue weighted by Gasteiger charge is -2.50. The molecule has 0 aliphatic heterocycles. The van der Waals surface area contributed by atoms with E-state index in [2.05, 4.69) is 54.6 Å². The van der Waals surface area contributed by atoms with Crippen LogP contribution in [0.1, 0.15) is 78.5 Å². The van der Waals surface area contributed by atoms with Crippen LogP contribution in [-0.2, 0) is 4.79 Å². The highest BCUT2D eigenvalue weighted by molar-refractivity contribution is 5.88. The molecule has 0 saturated carbocycles. The molecule has 4 nitrogen and oxygen atoms in total. The Bertz CT molecular complexity index is 1520. The number of hydrogen-bond acceptors (Lipinski definition) is 3. The molecule has 6 aliphatic rings. The predicted molar refractivity (Wildman–Crippen MR) is 127 cm³/mol. The smallest absolute Gasteiger partial charge is 0.335 e. The number of carbonyl (C=O) groups is 2. The van der Waals surface area contributed by atoms with Gasteiger partial charge in [-0.3, -0.25) is 4.79 Å². The van der Waals surface area contributed by atoms with Crippen molar-refractivity contribution >= 4 is 12.4 Å². The molecular formula is C30H20O4. The van der Waals surface area contributed by atoms with Crippen LogP contribution in [0, 0.1) is 0 Å². The lowest BCUT2D eigenvalue weighted by molar-refractivity contribution is -0.120. The second kappa shape index (κ2) is 6.91. The zero-order valence-electron chi connectivity index (χ0n) is 18.1. The molecule has 0 amide bonds. The molecule has 10 rings (SSSR count). The maximum atomic E-state index is 11.9. The molecule has 164 valence electrons. The van der Waals surface area contributed by atoms with Crippen molar-refractivity contribution in [3.05, 3.63) is 135 Å². The highest BCUT2D eigenvalue weighted by Gasteiger charge is 2.49. The first-order valence-electron chi connectivity index (χ1n) is 11.5. The average molecular weight is 444 g/mol. The molecule has 4 aromatic rings. The zero-order chi connectivity index (χ0) is 23.0. The zero-order valence-corrected chi connectivity index (χ0v) is 18.1. The third kappa shape index (κ3) is 2.43. The van der Waals surface area contributed by atoms with Crippen molar-refractivity contribution in [3.63, 3.8) is 0 Å². The van der Waals surface area contributed by atoms with Gasteiger partial charge in [0.05, 0.1) is 5.56 Å². The van der Waals surface area contributed by atoms with E-state index in [9.17, 15) is 14.7 Å². The highest BCUT2D eigenvalue weighted by Crippen LogP contribution is 2.64. The minimum absolute atomic E-state index is 0.0132. The predicted octanol–water partition coefficient (Wildman–Crippen LogP) is 5.79. The number of ether oxygens (including phenoxy) is 1. The van der Waals surface area contributed by atoms with Gasteiger partial charge >= 0.3 is 5.97 Å². The van der Waals surface area contributed by atoms with Crippen LogP contribution in [0.25, 0.3) is 0 Å². The molecule has 4 bridgehead atoms. The second-order valence-electron chi connectivity index (χ2n) is 9.32. The molecule has 4 aromatic carbocycles. The summed E-state index contributed by atoms with van der Waals surface area (Å²) in [5.41, 5.74) is 10.2. The van der Waals surface area contributed by atoms with Crippen molar-refractivity contribution in [2.45, 2.75) is 23.7 Å². The molecule has 0 fully saturated rings. The third-order valence-electron chi connectivity index (χ3n) is 7.92. The Morgan fingerprint density at radius 1 is 0.618 bits per heavy atom. The van der Waals surface area contributed by atoms with Crippen LogP contribution in [-0.4, -0.2) is 17.5 Å². The SMILES string of the molecule is O=COc1ccc2c(c1)C1c3ccccc3C2C2c3ccccc3C1c1ccc(C(=O)O)cc12. The van der Waals surface area contributed by atoms with Crippen molar-refractivity contribution in [1.29, 1.82) is 0 Å². The Kier molecular flexibility index (Phi) is 3.92. The Morgan fingerprint density at radius 3 is 1.56 bits per heavy atom. The molecule has 4 heteroatoms. The van der Waals surface area contributed by atoms with Crippen LogP contribution in [0.2, 0.25) is 0 Å². The summed E-state index contributed by atoms with van der Waals surface area (Å²) in [6, 6.07) is 28.8. The van der Waals surface area contributed by atoms with Crippen LogP contribution >= 0.6 is 0 Å². The van der Waals surface area contributed by atoms with Crippen LogP contribution in [0.4, 0.5) is 0 Å². The van der Waals surface area contributed by atoms with Crippen LogP contribution < -0.4 is 4.74 Å². The molecule has 4 atom stereocenters. The lowest BCUT2D eigenvalue weighted by atomic mass is 9.53. The van der Waals surface area contributed by atoms with Gasteiger partial charge in [-0.05, 0) is 68.8 Å². The third-order valence-corrected chi connectivity index (χ3v) is 7.92. The molecule has 4 unspecified atom stereocenters. The van der Waals surface area contributed by atoms with Gasteiger partial charge in [-0.2, -0.15) is 0 Å². The Hall–Kier alpha value is -4.18. The molecule has 0 saturated heterocycles. The van der Waals surface area contributed by atoms with E-state index in [0.717, 1.165) is 5.56 Å². The van der Waals surface area contributed by atoms with E-state index in [1.807, 2.05) is 24.3 Å². The summed E-state index contributed by atoms with van der Waals surface area (Å²) in [6.07, 6.45) is 0. The number of rotatable bonds is 3. The van der Waals surface area contributed by atoms with E-state index in [4.69, 9.17) is 4.74 Å². The molecule has 34 heavy (non-hydrogen) atoms. The molecular weight excluding hydrogens is 424 g/mol. The average Bonchev–Trinajstić information content (AvgIpc) is 2.84. The molecule has 0 radical (unpaired) electrons. The maximum Gasteiger partial charge on any atom is 0.335 e. The van der Waals surface area contributed by atoms with E-state index in [-0.39, 0.29) is 23.7 Å². The van der Waals surface area contributed by atoms with Crippen molar-refractivity contribution in [3.8, 4) is 5.75 Å². The van der Waals surface area contributed by atoms with E-state index in [0.29, 0.717) is 17.8 Å². The standard InChI is InChI=1S/C30H20O4/c31-15-34-17-10-12-23-25(14-17)29-21-8-4-2-6-19(21)27(23)28-20-7-3-1-5-18(20)26(29)22-11-9-16(30(32)33)13-24(22)28/h1-15,26-29H,(H,32,33). The van der Waals surface area contributed by atoms with Crippen molar-refractivity contribution in [1.82, 2.24) is 0 Å². The summed E-state index contributed by atoms with van der Waals surface area (Å²) in [7, 11) is 0. The minimum atomic E-state index is -0.907. The quantitative estimate of drug-likeness (QED) is 0.407. The van der Waals surface area contributed by atoms with Gasteiger partial charge in [0.15, 0.2) is 0 Å². The number of carbonyl (C=O) groups excluding carboxylic acids is 1. The number of benzene rings is 4. The summed E-state index contributed by atoms with van der Waals surface area (Å²) < 4.78 is 5.25. The Balaban J connectivity index is 1.61. The first-order valence-corrected chi connectivity index (χ1v) is 11.5. The molecule has 6 aliphatic carbocycles. The van der Waals surface area contributed by atoms with Gasteiger partial charge in [0, 0.05) is 23.7 Å². The summed E-state index contributed by atoms with van der Waals surface area (Å²) in [5, 5.41) is 9.76. The minimum Gasteiger partial charge on any atom is -0.478 e. The number of carboxylic acid groups (broad SMARTS) is 1. The lowest BCUT2D eigenvalue weighted by Crippen LogP contribution is -2.35. The Morgan fingerprint density at radius 2 is 1.06 bits per heavy atom. The van der Waals surface area contributed by atoms with E-state index in [1.54, 1.807) is 6.07 Å². The molecule has 1 N–H and O–H groups in total. The van der Waals surface area contributed by atoms with Gasteiger partial charge in [-0.25, -0.2) is 4.79 Å². The normalized spacial score (nSPS) is 22.5. The molecule has 0 aromatic heterocycles. The highest BCUT2D eigenvalue weighted by atomic mass is 16.5. The first kappa shape index (κ1) is 19.3. The number of hydrogen-bond donors (Lipinski definition) is 1. The molecule has 0 heterocycles. The fourth-order valence-corrected chi connectivity index (χ4v) is 6.76. The summed E-state index contributed by atoms with van der Waals surface area (Å²) >= 11 is 0. The summed E-state index contributed by atoms with van der Waals surface area (Å²) in [6.45, 7) is 0.473. The van der Waals surface area contributed by atoms with E-state index >= 15 is 0 Å². The van der Waals surface area contributed by atoms with Crippen molar-refractivity contribution in [2.75, 3.05) is 0 Å². The van der Waals surface area contributed by atoms with E-state index < -0.39 is 5.97 Å². The van der Waals surface area contributed by atoms with Crippen LogP contribution in [0.15, 0.2) is 84.9 Å². The second-order valence-corrected chi connectivity index (χ2v) is 9.32. The van der Waals surface area contributed by atoms with Gasteiger partial charge in [-0.1, -0.05) is 60.7 Å². The van der Waals surface area contributed by atoms with Crippen LogP contribution in [0.5, 0.6) is 5.75 Å². The summed E-state index contributed by atoms with van der Waals surface area (Å²) in [5.74, 6) is -0.301. The van der Waals surface area contributed by atoms with Gasteiger partial charge in [0.2, 0.25) is 0 Å². The molecule has 0 spiro atoms. The maximum absolute atomic E-state index is 11.9. The van der Waals surface area contributed by atoms with Crippen molar-refractivity contribution < 1.29 is 19.4 Å². The topological polar surface area (TPSA) is 63.6 Å². The van der Waals surface area contributed by atoms with Gasteiger partial charge < -0.3 is 9.84 Å². The van der Waals surface area contributed by atoms with Gasteiger partial charge in [0.25, 0.3) is 6.47 Å². The largest absolute Gasteiger partial charge is 0.478 e. The monoisotopic (exact) mass is 444 g/mol. The fourth-order valence-electron chi connectivity index (χ4n) is 6.76. The first-order chi connectivity index (χ1) is 16.7. The van der Waals surface area contributed by atoms with Gasteiger partial charge in [-0.15, -0.1) is 0 Å². The Labute approximate surface area is 196 Å². The summed E-state index contributed by atoms with van der Waals surface area (Å²) in [4.78, 5) is 23.0. The van der Waals surface area contributed by atoms with Gasteiger partial charge in [0.1, 0.15) is 5.75 Å². The number of aromatic carboxylic acids is 1. The number of carboxylic acids is 1. The van der Waals surface area contributed by atoms with Crippen LogP contribution in [0.3, 0.4) is 0 Å². The fraction of sp³-hybridized carbons (Fsp3) is 0.133. The van der Waals surface area contributed by atoms with E-state index in [1.165, 1.54) is 38.9 Å². The van der Waals surface area contributed by atoms with Crippen molar-refractivity contribution in [2.24, 2.45) is 0 Å².